The number of nitrogens with one attached hydrogen (secondary N) is 2. The molecule has 0 amide bonds. The molecule has 2 N–H and O–H groups in total. The smallest absolute Gasteiger partial charge is 0.242 e. The zero-order valence-electron chi connectivity index (χ0n) is 12.6. The second-order valence-corrected chi connectivity index (χ2v) is 6.82. The van der Waals surface area contributed by atoms with Gasteiger partial charge in [0.25, 0.3) is 0 Å². The second-order valence-electron chi connectivity index (χ2n) is 4.73. The number of sulfonamides is 1. The van der Waals surface area contributed by atoms with Gasteiger partial charge in [-0.05, 0) is 30.7 Å². The highest BCUT2D eigenvalue weighted by molar-refractivity contribution is 7.89. The molecule has 0 radical (unpaired) electrons. The van der Waals surface area contributed by atoms with E-state index in [9.17, 15) is 8.42 Å². The molecule has 0 saturated heterocycles. The minimum Gasteiger partial charge on any atom is -0.383 e. The van der Waals surface area contributed by atoms with Crippen molar-refractivity contribution in [3.63, 3.8) is 0 Å². The van der Waals surface area contributed by atoms with E-state index in [1.54, 1.807) is 19.2 Å². The standard InChI is InChI=1S/C14H23ClN2O3S/c1-4-12(10-20-3)17-21(18,19)14-8-11(9-16-5-2)6-7-13(14)15/h6-8,12,16-17H,4-5,9-10H2,1-3H3. The van der Waals surface area contributed by atoms with Gasteiger partial charge in [0.05, 0.1) is 11.6 Å². The van der Waals surface area contributed by atoms with Crippen LogP contribution in [-0.4, -0.2) is 34.7 Å². The lowest BCUT2D eigenvalue weighted by molar-refractivity contribution is 0.173. The Morgan fingerprint density at radius 3 is 2.62 bits per heavy atom. The van der Waals surface area contributed by atoms with Crippen LogP contribution in [0.1, 0.15) is 25.8 Å². The molecule has 120 valence electrons. The Bertz CT molecular complexity index is 549. The van der Waals surface area contributed by atoms with E-state index < -0.39 is 10.0 Å². The number of benzene rings is 1. The maximum absolute atomic E-state index is 12.5. The van der Waals surface area contributed by atoms with Crippen LogP contribution in [0.2, 0.25) is 5.02 Å². The Hall–Kier alpha value is -0.660. The van der Waals surface area contributed by atoms with Crippen LogP contribution < -0.4 is 10.0 Å². The predicted octanol–water partition coefficient (Wildman–Crippen LogP) is 2.15. The van der Waals surface area contributed by atoms with Crippen molar-refractivity contribution in [2.24, 2.45) is 0 Å². The molecule has 1 atom stereocenters. The normalized spacial score (nSPS) is 13.3. The molecule has 7 heteroatoms. The van der Waals surface area contributed by atoms with Gasteiger partial charge in [-0.2, -0.15) is 0 Å². The largest absolute Gasteiger partial charge is 0.383 e. The number of hydrogen-bond donors (Lipinski definition) is 2. The molecule has 21 heavy (non-hydrogen) atoms. The summed E-state index contributed by atoms with van der Waals surface area (Å²) >= 11 is 6.05. The van der Waals surface area contributed by atoms with Crippen LogP contribution >= 0.6 is 11.6 Å². The number of halogens is 1. The average molecular weight is 335 g/mol. The Morgan fingerprint density at radius 1 is 1.33 bits per heavy atom. The van der Waals surface area contributed by atoms with Crippen LogP contribution in [-0.2, 0) is 21.3 Å². The summed E-state index contributed by atoms with van der Waals surface area (Å²) in [6.45, 7) is 5.63. The van der Waals surface area contributed by atoms with Crippen molar-refractivity contribution < 1.29 is 13.2 Å². The lowest BCUT2D eigenvalue weighted by Gasteiger charge is -2.17. The first kappa shape index (κ1) is 18.4. The molecule has 0 aliphatic rings. The van der Waals surface area contributed by atoms with Crippen molar-refractivity contribution in [1.82, 2.24) is 10.0 Å². The maximum Gasteiger partial charge on any atom is 0.242 e. The molecule has 0 saturated carbocycles. The lowest BCUT2D eigenvalue weighted by Crippen LogP contribution is -2.37. The van der Waals surface area contributed by atoms with Gasteiger partial charge >= 0.3 is 0 Å². The van der Waals surface area contributed by atoms with E-state index >= 15 is 0 Å². The van der Waals surface area contributed by atoms with Gasteiger partial charge in [-0.1, -0.05) is 31.5 Å². The fraction of sp³-hybridized carbons (Fsp3) is 0.571. The molecule has 1 aromatic rings. The van der Waals surface area contributed by atoms with Crippen LogP contribution in [0.5, 0.6) is 0 Å². The highest BCUT2D eigenvalue weighted by atomic mass is 35.5. The van der Waals surface area contributed by atoms with Gasteiger partial charge in [0.2, 0.25) is 10.0 Å². The second kappa shape index (κ2) is 8.70. The monoisotopic (exact) mass is 334 g/mol. The van der Waals surface area contributed by atoms with Gasteiger partial charge in [-0.3, -0.25) is 0 Å². The third kappa shape index (κ3) is 5.56. The van der Waals surface area contributed by atoms with Gasteiger partial charge < -0.3 is 10.1 Å². The number of hydrogen-bond acceptors (Lipinski definition) is 4. The zero-order chi connectivity index (χ0) is 15.9. The molecule has 0 heterocycles. The summed E-state index contributed by atoms with van der Waals surface area (Å²) < 4.78 is 32.5. The summed E-state index contributed by atoms with van der Waals surface area (Å²) in [7, 11) is -2.12. The van der Waals surface area contributed by atoms with E-state index in [2.05, 4.69) is 10.0 Å². The Balaban J connectivity index is 3.00. The number of rotatable bonds is 9. The quantitative estimate of drug-likeness (QED) is 0.726. The molecule has 0 bridgehead atoms. The van der Waals surface area contributed by atoms with Crippen molar-refractivity contribution in [2.45, 2.75) is 37.8 Å². The highest BCUT2D eigenvalue weighted by Gasteiger charge is 2.22. The molecular weight excluding hydrogens is 312 g/mol. The Morgan fingerprint density at radius 2 is 2.05 bits per heavy atom. The minimum atomic E-state index is -3.66. The molecule has 1 rings (SSSR count). The molecule has 0 fully saturated rings. The zero-order valence-corrected chi connectivity index (χ0v) is 14.2. The average Bonchev–Trinajstić information content (AvgIpc) is 2.45. The van der Waals surface area contributed by atoms with Crippen molar-refractivity contribution >= 4 is 21.6 Å². The summed E-state index contributed by atoms with van der Waals surface area (Å²) in [6.07, 6.45) is 0.641. The van der Waals surface area contributed by atoms with Crippen LogP contribution in [0.3, 0.4) is 0 Å². The van der Waals surface area contributed by atoms with E-state index in [1.807, 2.05) is 19.9 Å². The summed E-state index contributed by atoms with van der Waals surface area (Å²) in [6, 6.07) is 4.76. The van der Waals surface area contributed by atoms with Crippen LogP contribution in [0.15, 0.2) is 23.1 Å². The van der Waals surface area contributed by atoms with E-state index in [0.29, 0.717) is 19.6 Å². The molecule has 1 aromatic carbocycles. The topological polar surface area (TPSA) is 67.4 Å². The number of methoxy groups -OCH3 is 1. The molecule has 0 aromatic heterocycles. The summed E-state index contributed by atoms with van der Waals surface area (Å²) in [5.41, 5.74) is 0.876. The first-order valence-corrected chi connectivity index (χ1v) is 8.81. The SMILES string of the molecule is CCNCc1ccc(Cl)c(S(=O)(=O)NC(CC)COC)c1. The van der Waals surface area contributed by atoms with Crippen molar-refractivity contribution in [2.75, 3.05) is 20.3 Å². The lowest BCUT2D eigenvalue weighted by atomic mass is 10.2. The molecule has 0 spiro atoms. The molecule has 0 aliphatic heterocycles. The summed E-state index contributed by atoms with van der Waals surface area (Å²) in [4.78, 5) is 0.106. The third-order valence-corrected chi connectivity index (χ3v) is 5.05. The van der Waals surface area contributed by atoms with Crippen LogP contribution in [0.25, 0.3) is 0 Å². The van der Waals surface area contributed by atoms with E-state index in [-0.39, 0.29) is 16.0 Å². The maximum atomic E-state index is 12.5. The fourth-order valence-corrected chi connectivity index (χ4v) is 3.71. The van der Waals surface area contributed by atoms with Crippen molar-refractivity contribution in [3.05, 3.63) is 28.8 Å². The fourth-order valence-electron chi connectivity index (χ4n) is 1.85. The van der Waals surface area contributed by atoms with Gasteiger partial charge in [-0.15, -0.1) is 0 Å². The predicted molar refractivity (Wildman–Crippen MR) is 85.1 cm³/mol. The molecule has 1 unspecified atom stereocenters. The third-order valence-electron chi connectivity index (χ3n) is 3.05. The van der Waals surface area contributed by atoms with Crippen molar-refractivity contribution in [1.29, 1.82) is 0 Å². The van der Waals surface area contributed by atoms with Crippen LogP contribution in [0, 0.1) is 0 Å². The summed E-state index contributed by atoms with van der Waals surface area (Å²) in [5.74, 6) is 0. The van der Waals surface area contributed by atoms with E-state index in [0.717, 1.165) is 12.1 Å². The van der Waals surface area contributed by atoms with Gasteiger partial charge in [0.1, 0.15) is 4.90 Å². The van der Waals surface area contributed by atoms with Gasteiger partial charge in [0, 0.05) is 19.7 Å². The first-order chi connectivity index (χ1) is 9.94. The Kier molecular flexibility index (Phi) is 7.62. The van der Waals surface area contributed by atoms with Gasteiger partial charge in [-0.25, -0.2) is 13.1 Å². The molecule has 0 aliphatic carbocycles. The Labute approximate surface area is 132 Å². The van der Waals surface area contributed by atoms with Crippen LogP contribution in [0.4, 0.5) is 0 Å². The van der Waals surface area contributed by atoms with Crippen molar-refractivity contribution in [3.8, 4) is 0 Å². The summed E-state index contributed by atoms with van der Waals surface area (Å²) in [5, 5.41) is 3.37. The molecule has 5 nitrogen and oxygen atoms in total. The first-order valence-electron chi connectivity index (χ1n) is 6.95. The van der Waals surface area contributed by atoms with E-state index in [1.165, 1.54) is 0 Å². The number of ether oxygens (including phenoxy) is 1. The molecular formula is C14H23ClN2O3S. The van der Waals surface area contributed by atoms with Gasteiger partial charge in [0.15, 0.2) is 0 Å². The van der Waals surface area contributed by atoms with E-state index in [4.69, 9.17) is 16.3 Å². The highest BCUT2D eigenvalue weighted by Crippen LogP contribution is 2.23. The minimum absolute atomic E-state index is 0.106.